The molecule has 0 atom stereocenters. The lowest BCUT2D eigenvalue weighted by molar-refractivity contribution is 0.568. The Morgan fingerprint density at radius 3 is 1.67 bits per heavy atom. The molecule has 0 spiro atoms. The quantitative estimate of drug-likeness (QED) is 0.142. The van der Waals surface area contributed by atoms with Gasteiger partial charge in [-0.2, -0.15) is 0 Å². The minimum absolute atomic E-state index is 0.153. The van der Waals surface area contributed by atoms with E-state index in [1.54, 1.807) is 6.07 Å². The molecule has 0 aliphatic carbocycles. The molecular formula is C61H62BN3O. The largest absolute Gasteiger partial charge is 0.440 e. The van der Waals surface area contributed by atoms with Crippen LogP contribution in [0.5, 0.6) is 0 Å². The van der Waals surface area contributed by atoms with Gasteiger partial charge in [0.15, 0.2) is 5.88 Å². The standard InChI is InChI=1S/C61H62BN3O/c1-39(2)49-28-21-29-50(40(3)4)58(49)65-55-33-41(5)32-54-57(55)62(52-38-56(66-59(52)65)42-22-15-12-16-23-42)51-31-30-47(63(45-24-17-13-18-25-45)46-26-19-14-20-27-46)37-53(51)64(54)48-35-43(60(6,7)8)34-44(36-48)61(9,10)11/h12-40H,1-11H3/i13D,14D,17D,18D,19D,20D,24D,25D,26D,27D. The number of benzene rings is 7. The molecule has 10 rings (SSSR count). The molecule has 8 aromatic rings. The molecule has 0 N–H and O–H groups in total. The highest BCUT2D eigenvalue weighted by Crippen LogP contribution is 2.51. The van der Waals surface area contributed by atoms with Crippen LogP contribution in [0, 0.1) is 6.92 Å². The smallest absolute Gasteiger partial charge is 0.256 e. The van der Waals surface area contributed by atoms with Crippen molar-refractivity contribution in [2.24, 2.45) is 0 Å². The lowest BCUT2D eigenvalue weighted by atomic mass is 9.34. The summed E-state index contributed by atoms with van der Waals surface area (Å²) in [6, 6.07) is 29.4. The number of hydrogen-bond donors (Lipinski definition) is 0. The van der Waals surface area contributed by atoms with Gasteiger partial charge >= 0.3 is 0 Å². The maximum Gasteiger partial charge on any atom is 0.256 e. The number of furan rings is 1. The molecule has 0 amide bonds. The van der Waals surface area contributed by atoms with Crippen LogP contribution in [0.25, 0.3) is 11.3 Å². The van der Waals surface area contributed by atoms with Gasteiger partial charge in [-0.15, -0.1) is 0 Å². The van der Waals surface area contributed by atoms with Crippen LogP contribution in [0.3, 0.4) is 0 Å². The zero-order chi connectivity index (χ0) is 54.9. The molecule has 0 bridgehead atoms. The molecule has 0 saturated heterocycles. The van der Waals surface area contributed by atoms with Crippen LogP contribution in [-0.2, 0) is 10.8 Å². The van der Waals surface area contributed by atoms with Gasteiger partial charge in [0.25, 0.3) is 6.71 Å². The molecule has 5 heteroatoms. The van der Waals surface area contributed by atoms with E-state index in [2.05, 4.69) is 141 Å². The third-order valence-corrected chi connectivity index (χ3v) is 13.1. The Hall–Kier alpha value is -6.72. The van der Waals surface area contributed by atoms with Crippen LogP contribution in [0.2, 0.25) is 0 Å². The monoisotopic (exact) mass is 874 g/mol. The number of para-hydroxylation sites is 3. The van der Waals surface area contributed by atoms with Crippen molar-refractivity contribution in [3.05, 3.63) is 191 Å². The van der Waals surface area contributed by atoms with E-state index in [0.29, 0.717) is 17.3 Å². The third kappa shape index (κ3) is 7.43. The summed E-state index contributed by atoms with van der Waals surface area (Å²) in [5.41, 5.74) is 12.7. The summed E-state index contributed by atoms with van der Waals surface area (Å²) in [6.45, 7) is 23.7. The molecular weight excluding hydrogens is 802 g/mol. The fraction of sp³-hybridized carbons (Fsp3) is 0.246. The highest BCUT2D eigenvalue weighted by molar-refractivity contribution is 7.00. The molecule has 0 fully saturated rings. The summed E-state index contributed by atoms with van der Waals surface area (Å²) >= 11 is 0. The molecule has 0 radical (unpaired) electrons. The second kappa shape index (κ2) is 16.3. The van der Waals surface area contributed by atoms with E-state index in [1.165, 1.54) is 16.0 Å². The summed E-state index contributed by atoms with van der Waals surface area (Å²) in [5.74, 6) is 1.67. The van der Waals surface area contributed by atoms with Crippen molar-refractivity contribution in [2.75, 3.05) is 14.7 Å². The first-order valence-corrected chi connectivity index (χ1v) is 23.0. The topological polar surface area (TPSA) is 22.9 Å². The van der Waals surface area contributed by atoms with Gasteiger partial charge in [0, 0.05) is 45.4 Å². The average Bonchev–Trinajstić information content (AvgIpc) is 3.83. The van der Waals surface area contributed by atoms with Crippen LogP contribution < -0.4 is 31.1 Å². The SMILES string of the molecule is [2H]c1c([2H])c([2H])c(N(c2ccc3c(c2)N(c2cc(C(C)(C)C)cc(C(C)(C)C)c2)c2cc(C)cc4c2B3c2cc(-c3ccccc3)oc2N4c2c(C(C)C)cccc2C(C)C)c2c([2H])c([2H])c([2H])c([2H])c2[2H])c([2H])c1[2H]. The van der Waals surface area contributed by atoms with Crippen LogP contribution >= 0.6 is 0 Å². The Bertz CT molecular complexity index is 3500. The van der Waals surface area contributed by atoms with Crippen LogP contribution in [0.15, 0.2) is 168 Å². The van der Waals surface area contributed by atoms with E-state index < -0.39 is 67.1 Å². The van der Waals surface area contributed by atoms with E-state index in [0.717, 1.165) is 61.4 Å². The van der Waals surface area contributed by atoms with Gasteiger partial charge in [0.2, 0.25) is 0 Å². The van der Waals surface area contributed by atoms with Crippen molar-refractivity contribution in [3.63, 3.8) is 0 Å². The van der Waals surface area contributed by atoms with Gasteiger partial charge in [-0.05, 0) is 140 Å². The molecule has 0 saturated carbocycles. The van der Waals surface area contributed by atoms with Crippen molar-refractivity contribution in [2.45, 2.75) is 98.8 Å². The minimum atomic E-state index is -0.633. The number of aryl methyl sites for hydroxylation is 1. The Morgan fingerprint density at radius 2 is 1.12 bits per heavy atom. The van der Waals surface area contributed by atoms with Crippen LogP contribution in [0.1, 0.15) is 123 Å². The fourth-order valence-electron chi connectivity index (χ4n) is 9.73. The molecule has 1 aromatic heterocycles. The highest BCUT2D eigenvalue weighted by Gasteiger charge is 2.47. The predicted molar refractivity (Wildman–Crippen MR) is 283 cm³/mol. The molecule has 330 valence electrons. The molecule has 4 nitrogen and oxygen atoms in total. The zero-order valence-corrected chi connectivity index (χ0v) is 39.8. The van der Waals surface area contributed by atoms with Crippen molar-refractivity contribution in [1.29, 1.82) is 0 Å². The number of nitrogens with zero attached hydrogens (tertiary/aromatic N) is 3. The minimum Gasteiger partial charge on any atom is -0.440 e. The number of fused-ring (bicyclic) bond motifs is 4. The second-order valence-corrected chi connectivity index (χ2v) is 20.4. The van der Waals surface area contributed by atoms with E-state index in [1.807, 2.05) is 42.5 Å². The average molecular weight is 874 g/mol. The van der Waals surface area contributed by atoms with Gasteiger partial charge in [0.1, 0.15) is 5.76 Å². The predicted octanol–water partition coefficient (Wildman–Crippen LogP) is 15.6. The van der Waals surface area contributed by atoms with Crippen LogP contribution in [-0.4, -0.2) is 6.71 Å². The normalized spacial score (nSPS) is 15.4. The number of anilines is 9. The van der Waals surface area contributed by atoms with Gasteiger partial charge in [0.05, 0.1) is 19.4 Å². The maximum atomic E-state index is 9.33. The van der Waals surface area contributed by atoms with Gasteiger partial charge in [-0.3, -0.25) is 4.90 Å². The Balaban J connectivity index is 1.38. The van der Waals surface area contributed by atoms with Gasteiger partial charge < -0.3 is 14.2 Å². The Kier molecular flexibility index (Phi) is 8.12. The third-order valence-electron chi connectivity index (χ3n) is 13.1. The van der Waals surface area contributed by atoms with Gasteiger partial charge in [-0.1, -0.05) is 166 Å². The molecule has 2 aliphatic rings. The summed E-state index contributed by atoms with van der Waals surface area (Å²) in [6.07, 6.45) is 0. The first kappa shape index (κ1) is 32.9. The number of hydrogen-bond acceptors (Lipinski definition) is 4. The van der Waals surface area contributed by atoms with E-state index >= 15 is 0 Å². The highest BCUT2D eigenvalue weighted by atomic mass is 16.4. The molecule has 2 aliphatic heterocycles. The van der Waals surface area contributed by atoms with E-state index in [4.69, 9.17) is 12.6 Å². The molecule has 0 unspecified atom stereocenters. The molecule has 7 aromatic carbocycles. The first-order chi connectivity index (χ1) is 35.7. The maximum absolute atomic E-state index is 9.33. The van der Waals surface area contributed by atoms with E-state index in [9.17, 15) is 5.48 Å². The van der Waals surface area contributed by atoms with Crippen LogP contribution in [0.4, 0.5) is 51.4 Å². The summed E-state index contributed by atoms with van der Waals surface area (Å²) < 4.78 is 97.0. The number of rotatable bonds is 8. The lowest BCUT2D eigenvalue weighted by Crippen LogP contribution is -2.61. The van der Waals surface area contributed by atoms with Crippen molar-refractivity contribution in [3.8, 4) is 11.3 Å². The first-order valence-electron chi connectivity index (χ1n) is 28.0. The summed E-state index contributed by atoms with van der Waals surface area (Å²) in [5, 5.41) is 0. The Morgan fingerprint density at radius 1 is 0.561 bits per heavy atom. The lowest BCUT2D eigenvalue weighted by Gasteiger charge is -2.44. The van der Waals surface area contributed by atoms with Crippen molar-refractivity contribution in [1.82, 2.24) is 0 Å². The van der Waals surface area contributed by atoms with Crippen molar-refractivity contribution >= 4 is 74.5 Å². The second-order valence-electron chi connectivity index (χ2n) is 20.4. The molecule has 3 heterocycles. The summed E-state index contributed by atoms with van der Waals surface area (Å²) in [7, 11) is 0. The molecule has 66 heavy (non-hydrogen) atoms. The Labute approximate surface area is 407 Å². The van der Waals surface area contributed by atoms with E-state index in [-0.39, 0.29) is 39.7 Å². The van der Waals surface area contributed by atoms with Gasteiger partial charge in [-0.25, -0.2) is 0 Å². The van der Waals surface area contributed by atoms with Crippen molar-refractivity contribution < 1.29 is 18.1 Å². The zero-order valence-electron chi connectivity index (χ0n) is 49.8. The fourth-order valence-corrected chi connectivity index (χ4v) is 9.73. The summed E-state index contributed by atoms with van der Waals surface area (Å²) in [4.78, 5) is 5.85.